The van der Waals surface area contributed by atoms with E-state index in [4.69, 9.17) is 10.4 Å². The summed E-state index contributed by atoms with van der Waals surface area (Å²) < 4.78 is 0. The number of rotatable bonds is 0. The molecule has 3 heteroatoms. The van der Waals surface area contributed by atoms with Crippen LogP contribution in [-0.4, -0.2) is 21.0 Å². The van der Waals surface area contributed by atoms with E-state index in [1.54, 1.807) is 0 Å². The van der Waals surface area contributed by atoms with Crippen LogP contribution in [0.3, 0.4) is 0 Å². The number of nitrogens with zero attached hydrogens (tertiary/aromatic N) is 1. The molecule has 3 nitrogen and oxygen atoms in total. The second-order valence-electron chi connectivity index (χ2n) is 3.04. The van der Waals surface area contributed by atoms with Crippen LogP contribution in [0.15, 0.2) is 0 Å². The molecular formula is C7H14NO2+. The molecule has 1 saturated carbocycles. The third-order valence-electron chi connectivity index (χ3n) is 2.13. The molecule has 0 spiro atoms. The molecule has 0 aromatic heterocycles. The Morgan fingerprint density at radius 2 is 1.80 bits per heavy atom. The highest BCUT2D eigenvalue weighted by Gasteiger charge is 2.22. The molecule has 0 aromatic carbocycles. The Balaban J connectivity index is 2.48. The van der Waals surface area contributed by atoms with E-state index in [2.05, 4.69) is 6.92 Å². The zero-order chi connectivity index (χ0) is 7.56. The minimum atomic E-state index is 0.284. The first kappa shape index (κ1) is 7.38. The van der Waals surface area contributed by atoms with Crippen molar-refractivity contribution in [1.82, 2.24) is 0 Å². The van der Waals surface area contributed by atoms with Crippen molar-refractivity contribution in [3.63, 3.8) is 0 Å². The van der Waals surface area contributed by atoms with E-state index in [-0.39, 0.29) is 4.90 Å². The Kier molecular flexibility index (Phi) is 2.14. The minimum Gasteiger partial charge on any atom is -0.245 e. The number of hydrogen-bond donors (Lipinski definition) is 2. The predicted molar refractivity (Wildman–Crippen MR) is 36.5 cm³/mol. The summed E-state index contributed by atoms with van der Waals surface area (Å²) in [4.78, 5) is 0.284. The van der Waals surface area contributed by atoms with Gasteiger partial charge in [0, 0.05) is 12.8 Å². The van der Waals surface area contributed by atoms with Gasteiger partial charge in [-0.15, -0.1) is 0 Å². The lowest BCUT2D eigenvalue weighted by molar-refractivity contribution is -0.956. The SMILES string of the molecule is CC1CCC(=[N+](O)O)CC1. The van der Waals surface area contributed by atoms with Gasteiger partial charge in [0.15, 0.2) is 4.90 Å². The first-order chi connectivity index (χ1) is 4.70. The molecule has 0 atom stereocenters. The summed E-state index contributed by atoms with van der Waals surface area (Å²) >= 11 is 0. The summed E-state index contributed by atoms with van der Waals surface area (Å²) in [6.07, 6.45) is 3.81. The summed E-state index contributed by atoms with van der Waals surface area (Å²) in [5.41, 5.74) is 0.748. The molecule has 0 heterocycles. The first-order valence-electron chi connectivity index (χ1n) is 3.72. The molecule has 1 aliphatic carbocycles. The molecule has 0 unspecified atom stereocenters. The highest BCUT2D eigenvalue weighted by molar-refractivity contribution is 5.79. The van der Waals surface area contributed by atoms with Crippen LogP contribution in [0.1, 0.15) is 32.6 Å². The highest BCUT2D eigenvalue weighted by Crippen LogP contribution is 2.20. The van der Waals surface area contributed by atoms with Crippen LogP contribution >= 0.6 is 0 Å². The van der Waals surface area contributed by atoms with Crippen molar-refractivity contribution in [2.24, 2.45) is 5.92 Å². The van der Waals surface area contributed by atoms with E-state index in [9.17, 15) is 0 Å². The van der Waals surface area contributed by atoms with Gasteiger partial charge < -0.3 is 0 Å². The standard InChI is InChI=1S/C7H14NO2/c1-6-2-4-7(5-3-6)8(9)10/h6,9-10H,2-5H2,1H3/q+1. The van der Waals surface area contributed by atoms with Crippen molar-refractivity contribution in [1.29, 1.82) is 0 Å². The fourth-order valence-corrected chi connectivity index (χ4v) is 1.30. The molecule has 0 bridgehead atoms. The lowest BCUT2D eigenvalue weighted by Crippen LogP contribution is -2.20. The average molecular weight is 144 g/mol. The quantitative estimate of drug-likeness (QED) is 0.399. The Labute approximate surface area is 60.5 Å². The van der Waals surface area contributed by atoms with Crippen molar-refractivity contribution < 1.29 is 15.3 Å². The topological polar surface area (TPSA) is 43.5 Å². The lowest BCUT2D eigenvalue weighted by Gasteiger charge is -2.13. The molecule has 2 N–H and O–H groups in total. The van der Waals surface area contributed by atoms with Crippen molar-refractivity contribution >= 4 is 5.71 Å². The van der Waals surface area contributed by atoms with Crippen LogP contribution in [0.2, 0.25) is 0 Å². The van der Waals surface area contributed by atoms with Crippen LogP contribution in [0, 0.1) is 5.92 Å². The summed E-state index contributed by atoms with van der Waals surface area (Å²) in [7, 11) is 0. The molecule has 0 amide bonds. The fraction of sp³-hybridized carbons (Fsp3) is 0.857. The van der Waals surface area contributed by atoms with Gasteiger partial charge in [0.05, 0.1) is 0 Å². The number of hydrogen-bond acceptors (Lipinski definition) is 2. The Bertz CT molecular complexity index is 140. The van der Waals surface area contributed by atoms with Crippen molar-refractivity contribution in [2.45, 2.75) is 32.6 Å². The Morgan fingerprint density at radius 1 is 1.30 bits per heavy atom. The largest absolute Gasteiger partial charge is 0.265 e. The summed E-state index contributed by atoms with van der Waals surface area (Å²) in [6, 6.07) is 0. The molecule has 0 aliphatic heterocycles. The van der Waals surface area contributed by atoms with Crippen LogP contribution in [-0.2, 0) is 0 Å². The maximum atomic E-state index is 8.62. The maximum absolute atomic E-state index is 8.62. The molecule has 10 heavy (non-hydrogen) atoms. The normalized spacial score (nSPS) is 26.5. The van der Waals surface area contributed by atoms with E-state index >= 15 is 0 Å². The lowest BCUT2D eigenvalue weighted by atomic mass is 9.90. The van der Waals surface area contributed by atoms with Gasteiger partial charge in [0.25, 0.3) is 5.71 Å². The van der Waals surface area contributed by atoms with Crippen molar-refractivity contribution in [3.8, 4) is 0 Å². The van der Waals surface area contributed by atoms with Gasteiger partial charge in [0.1, 0.15) is 0 Å². The molecule has 0 radical (unpaired) electrons. The monoisotopic (exact) mass is 144 g/mol. The second-order valence-corrected chi connectivity index (χ2v) is 3.04. The third kappa shape index (κ3) is 1.62. The molecule has 1 fully saturated rings. The highest BCUT2D eigenvalue weighted by atomic mass is 16.8. The van der Waals surface area contributed by atoms with Crippen molar-refractivity contribution in [3.05, 3.63) is 0 Å². The molecule has 58 valence electrons. The van der Waals surface area contributed by atoms with Gasteiger partial charge in [0.2, 0.25) is 0 Å². The van der Waals surface area contributed by atoms with Crippen LogP contribution in [0.5, 0.6) is 0 Å². The van der Waals surface area contributed by atoms with E-state index in [0.717, 1.165) is 37.3 Å². The van der Waals surface area contributed by atoms with E-state index in [1.165, 1.54) is 0 Å². The molecule has 1 rings (SSSR count). The maximum Gasteiger partial charge on any atom is 0.265 e. The zero-order valence-corrected chi connectivity index (χ0v) is 6.25. The third-order valence-corrected chi connectivity index (χ3v) is 2.13. The van der Waals surface area contributed by atoms with Gasteiger partial charge in [-0.3, -0.25) is 0 Å². The minimum absolute atomic E-state index is 0.284. The average Bonchev–Trinajstić information content (AvgIpc) is 1.88. The van der Waals surface area contributed by atoms with Crippen LogP contribution in [0.25, 0.3) is 0 Å². The van der Waals surface area contributed by atoms with Crippen LogP contribution < -0.4 is 0 Å². The van der Waals surface area contributed by atoms with Gasteiger partial charge in [-0.05, 0) is 18.8 Å². The molecule has 0 aromatic rings. The van der Waals surface area contributed by atoms with Crippen molar-refractivity contribution in [2.75, 3.05) is 0 Å². The second kappa shape index (κ2) is 2.90. The zero-order valence-electron chi connectivity index (χ0n) is 6.25. The van der Waals surface area contributed by atoms with Crippen LogP contribution in [0.4, 0.5) is 0 Å². The van der Waals surface area contributed by atoms with Gasteiger partial charge in [-0.1, -0.05) is 6.92 Å². The summed E-state index contributed by atoms with van der Waals surface area (Å²) in [5.74, 6) is 0.740. The van der Waals surface area contributed by atoms with Gasteiger partial charge in [-0.25, -0.2) is 10.4 Å². The van der Waals surface area contributed by atoms with Gasteiger partial charge >= 0.3 is 0 Å². The first-order valence-corrected chi connectivity index (χ1v) is 3.72. The fourth-order valence-electron chi connectivity index (χ4n) is 1.30. The summed E-state index contributed by atoms with van der Waals surface area (Å²) in [6.45, 7) is 2.19. The van der Waals surface area contributed by atoms with E-state index < -0.39 is 0 Å². The smallest absolute Gasteiger partial charge is 0.245 e. The van der Waals surface area contributed by atoms with E-state index in [1.807, 2.05) is 0 Å². The van der Waals surface area contributed by atoms with Gasteiger partial charge in [-0.2, -0.15) is 0 Å². The van der Waals surface area contributed by atoms with E-state index in [0.29, 0.717) is 0 Å². The predicted octanol–water partition coefficient (Wildman–Crippen LogP) is 1.43. The molecular weight excluding hydrogens is 130 g/mol. The Hall–Kier alpha value is -0.730. The summed E-state index contributed by atoms with van der Waals surface area (Å²) in [5, 5.41) is 17.2. The molecule has 0 saturated heterocycles. The molecule has 1 aliphatic rings. The Morgan fingerprint density at radius 3 is 2.20 bits per heavy atom.